The van der Waals surface area contributed by atoms with E-state index in [1.54, 1.807) is 0 Å². The number of benzene rings is 2. The summed E-state index contributed by atoms with van der Waals surface area (Å²) in [7, 11) is 0. The quantitative estimate of drug-likeness (QED) is 0.628. The van der Waals surface area contributed by atoms with E-state index in [1.165, 1.54) is 16.7 Å². The maximum Gasteiger partial charge on any atom is -0.0158 e. The second-order valence-corrected chi connectivity index (χ2v) is 4.72. The van der Waals surface area contributed by atoms with Crippen LogP contribution in [0.25, 0.3) is 17.2 Å². The van der Waals surface area contributed by atoms with Crippen LogP contribution in [0.2, 0.25) is 0 Å². The lowest BCUT2D eigenvalue weighted by Gasteiger charge is -2.07. The third-order valence-corrected chi connectivity index (χ3v) is 2.88. The molecule has 0 fully saturated rings. The molecule has 0 N–H and O–H groups in total. The zero-order valence-electron chi connectivity index (χ0n) is 12.4. The average molecular weight is 262 g/mol. The minimum absolute atomic E-state index is 1.09. The fourth-order valence-electron chi connectivity index (χ4n) is 1.82. The normalized spacial score (nSPS) is 9.10. The average Bonchev–Trinajstić information content (AvgIpc) is 2.48. The molecule has 0 aromatic heterocycles. The summed E-state index contributed by atoms with van der Waals surface area (Å²) in [6.07, 6.45) is 1.83. The molecule has 0 aliphatic heterocycles. The SMILES string of the molecule is C=C(C)c1ccccc1C(=C)C.C=Cc1ccccc1. The van der Waals surface area contributed by atoms with Gasteiger partial charge in [-0.15, -0.1) is 0 Å². The molecule has 0 amide bonds. The van der Waals surface area contributed by atoms with Crippen molar-refractivity contribution in [3.8, 4) is 0 Å². The smallest absolute Gasteiger partial charge is 0.0158 e. The van der Waals surface area contributed by atoms with Crippen molar-refractivity contribution in [2.24, 2.45) is 0 Å². The first kappa shape index (κ1) is 15.7. The maximum absolute atomic E-state index is 3.93. The lowest BCUT2D eigenvalue weighted by atomic mass is 9.98. The first-order chi connectivity index (χ1) is 9.56. The molecule has 0 saturated carbocycles. The van der Waals surface area contributed by atoms with E-state index in [1.807, 2.05) is 62.4 Å². The van der Waals surface area contributed by atoms with Gasteiger partial charge < -0.3 is 0 Å². The molecule has 0 spiro atoms. The highest BCUT2D eigenvalue weighted by Gasteiger charge is 2.01. The van der Waals surface area contributed by atoms with Crippen LogP contribution in [0.5, 0.6) is 0 Å². The summed E-state index contributed by atoms with van der Waals surface area (Å²) < 4.78 is 0. The zero-order valence-corrected chi connectivity index (χ0v) is 12.4. The monoisotopic (exact) mass is 262 g/mol. The molecule has 2 rings (SSSR count). The van der Waals surface area contributed by atoms with Crippen LogP contribution in [0.3, 0.4) is 0 Å². The minimum Gasteiger partial charge on any atom is -0.0985 e. The number of hydrogen-bond acceptors (Lipinski definition) is 0. The molecule has 0 radical (unpaired) electrons. The Labute approximate surface area is 122 Å². The predicted molar refractivity (Wildman–Crippen MR) is 92.4 cm³/mol. The molecule has 2 aromatic rings. The van der Waals surface area contributed by atoms with E-state index in [-0.39, 0.29) is 0 Å². The Balaban J connectivity index is 0.000000217. The summed E-state index contributed by atoms with van der Waals surface area (Å²) in [6.45, 7) is 15.5. The largest absolute Gasteiger partial charge is 0.0985 e. The van der Waals surface area contributed by atoms with Gasteiger partial charge in [-0.2, -0.15) is 0 Å². The Bertz CT molecular complexity index is 555. The highest BCUT2D eigenvalue weighted by Crippen LogP contribution is 2.22. The van der Waals surface area contributed by atoms with E-state index in [0.717, 1.165) is 11.1 Å². The van der Waals surface area contributed by atoms with Gasteiger partial charge in [-0.1, -0.05) is 91.6 Å². The van der Waals surface area contributed by atoms with Crippen LogP contribution in [-0.2, 0) is 0 Å². The van der Waals surface area contributed by atoms with Gasteiger partial charge in [-0.05, 0) is 30.5 Å². The van der Waals surface area contributed by atoms with Crippen LogP contribution in [0.1, 0.15) is 30.5 Å². The Hall–Kier alpha value is -2.34. The van der Waals surface area contributed by atoms with Gasteiger partial charge in [-0.3, -0.25) is 0 Å². The molecule has 0 nitrogen and oxygen atoms in total. The summed E-state index contributed by atoms with van der Waals surface area (Å²) in [6, 6.07) is 18.2. The summed E-state index contributed by atoms with van der Waals surface area (Å²) in [5, 5.41) is 0. The molecule has 2 aromatic carbocycles. The highest BCUT2D eigenvalue weighted by molar-refractivity contribution is 5.76. The van der Waals surface area contributed by atoms with Gasteiger partial charge in [0, 0.05) is 0 Å². The molecule has 0 heterocycles. The molecule has 0 atom stereocenters. The van der Waals surface area contributed by atoms with E-state index in [9.17, 15) is 0 Å². The fourth-order valence-corrected chi connectivity index (χ4v) is 1.82. The standard InChI is InChI=1S/C12H14.C8H8/c1-9(2)11-7-5-6-8-12(11)10(3)4;1-2-8-6-4-3-5-7-8/h5-8H,1,3H2,2,4H3;2-7H,1H2. The van der Waals surface area contributed by atoms with Crippen molar-refractivity contribution in [1.82, 2.24) is 0 Å². The van der Waals surface area contributed by atoms with Gasteiger partial charge in [-0.25, -0.2) is 0 Å². The summed E-state index contributed by atoms with van der Waals surface area (Å²) in [5.41, 5.74) is 5.75. The Morgan fingerprint density at radius 2 is 1.15 bits per heavy atom. The first-order valence-corrected chi connectivity index (χ1v) is 6.64. The van der Waals surface area contributed by atoms with Gasteiger partial charge in [0.1, 0.15) is 0 Å². The van der Waals surface area contributed by atoms with Crippen LogP contribution >= 0.6 is 0 Å². The summed E-state index contributed by atoms with van der Waals surface area (Å²) in [5.74, 6) is 0. The van der Waals surface area contributed by atoms with Gasteiger partial charge in [0.05, 0.1) is 0 Å². The second kappa shape index (κ2) is 7.96. The van der Waals surface area contributed by atoms with Crippen molar-refractivity contribution in [3.05, 3.63) is 91.0 Å². The molecular formula is C20H22. The van der Waals surface area contributed by atoms with Crippen molar-refractivity contribution in [2.45, 2.75) is 13.8 Å². The second-order valence-electron chi connectivity index (χ2n) is 4.72. The first-order valence-electron chi connectivity index (χ1n) is 6.64. The fraction of sp³-hybridized carbons (Fsp3) is 0.100. The summed E-state index contributed by atoms with van der Waals surface area (Å²) in [4.78, 5) is 0. The molecule has 102 valence electrons. The molecule has 0 aliphatic rings. The van der Waals surface area contributed by atoms with E-state index in [0.29, 0.717) is 0 Å². The highest BCUT2D eigenvalue weighted by atomic mass is 14.1. The van der Waals surface area contributed by atoms with Crippen molar-refractivity contribution in [2.75, 3.05) is 0 Å². The Morgan fingerprint density at radius 1 is 0.750 bits per heavy atom. The molecule has 0 saturated heterocycles. The van der Waals surface area contributed by atoms with Crippen LogP contribution in [0.15, 0.2) is 74.3 Å². The lowest BCUT2D eigenvalue weighted by molar-refractivity contribution is 1.50. The van der Waals surface area contributed by atoms with Gasteiger partial charge in [0.15, 0.2) is 0 Å². The van der Waals surface area contributed by atoms with Crippen LogP contribution in [-0.4, -0.2) is 0 Å². The summed E-state index contributed by atoms with van der Waals surface area (Å²) >= 11 is 0. The Kier molecular flexibility index (Phi) is 6.25. The molecule has 0 unspecified atom stereocenters. The lowest BCUT2D eigenvalue weighted by Crippen LogP contribution is -1.86. The minimum atomic E-state index is 1.09. The van der Waals surface area contributed by atoms with Gasteiger partial charge in [0.25, 0.3) is 0 Å². The van der Waals surface area contributed by atoms with Gasteiger partial charge >= 0.3 is 0 Å². The number of rotatable bonds is 3. The molecule has 0 bridgehead atoms. The predicted octanol–water partition coefficient (Wildman–Crippen LogP) is 6.08. The van der Waals surface area contributed by atoms with E-state index in [2.05, 4.69) is 31.9 Å². The molecular weight excluding hydrogens is 240 g/mol. The van der Waals surface area contributed by atoms with E-state index in [4.69, 9.17) is 0 Å². The third-order valence-electron chi connectivity index (χ3n) is 2.88. The van der Waals surface area contributed by atoms with Crippen LogP contribution in [0.4, 0.5) is 0 Å². The Morgan fingerprint density at radius 3 is 1.45 bits per heavy atom. The molecule has 0 heteroatoms. The molecule has 20 heavy (non-hydrogen) atoms. The van der Waals surface area contributed by atoms with Crippen LogP contribution in [0, 0.1) is 0 Å². The number of hydrogen-bond donors (Lipinski definition) is 0. The van der Waals surface area contributed by atoms with Gasteiger partial charge in [0.2, 0.25) is 0 Å². The van der Waals surface area contributed by atoms with E-state index < -0.39 is 0 Å². The van der Waals surface area contributed by atoms with Crippen molar-refractivity contribution >= 4 is 17.2 Å². The topological polar surface area (TPSA) is 0 Å². The van der Waals surface area contributed by atoms with Crippen molar-refractivity contribution < 1.29 is 0 Å². The van der Waals surface area contributed by atoms with Crippen LogP contribution < -0.4 is 0 Å². The zero-order chi connectivity index (χ0) is 15.0. The third kappa shape index (κ3) is 4.74. The molecule has 0 aliphatic carbocycles. The van der Waals surface area contributed by atoms with Crippen molar-refractivity contribution in [1.29, 1.82) is 0 Å². The number of allylic oxidation sites excluding steroid dienone is 2. The van der Waals surface area contributed by atoms with E-state index >= 15 is 0 Å². The maximum atomic E-state index is 3.93. The van der Waals surface area contributed by atoms with Crippen molar-refractivity contribution in [3.63, 3.8) is 0 Å².